The molecule has 162 valence electrons. The van der Waals surface area contributed by atoms with E-state index in [1.807, 2.05) is 36.4 Å². The van der Waals surface area contributed by atoms with Gasteiger partial charge in [0.05, 0.1) is 12.0 Å². The molecule has 0 aliphatic carbocycles. The van der Waals surface area contributed by atoms with Crippen molar-refractivity contribution in [3.63, 3.8) is 0 Å². The molecule has 1 aromatic carbocycles. The second-order valence-electron chi connectivity index (χ2n) is 7.86. The Kier molecular flexibility index (Phi) is 5.65. The molecule has 2 N–H and O–H groups in total. The Morgan fingerprint density at radius 3 is 2.59 bits per heavy atom. The quantitative estimate of drug-likeness (QED) is 0.475. The van der Waals surface area contributed by atoms with Gasteiger partial charge < -0.3 is 14.6 Å². The number of nitrogens with zero attached hydrogens (tertiary/aromatic N) is 4. The third kappa shape index (κ3) is 4.39. The van der Waals surface area contributed by atoms with Crippen molar-refractivity contribution in [2.24, 2.45) is 0 Å². The average Bonchev–Trinajstić information content (AvgIpc) is 3.46. The van der Waals surface area contributed by atoms with Crippen LogP contribution in [0.25, 0.3) is 22.7 Å². The Morgan fingerprint density at radius 2 is 1.84 bits per heavy atom. The molecule has 4 heterocycles. The van der Waals surface area contributed by atoms with Crippen LogP contribution in [0.1, 0.15) is 36.2 Å². The highest BCUT2D eigenvalue weighted by Crippen LogP contribution is 2.24. The van der Waals surface area contributed by atoms with E-state index in [0.29, 0.717) is 17.1 Å². The number of rotatable bonds is 5. The fourth-order valence-electron chi connectivity index (χ4n) is 3.90. The van der Waals surface area contributed by atoms with Crippen LogP contribution < -0.4 is 10.2 Å². The molecule has 0 unspecified atom stereocenters. The number of carbonyl (C=O) groups excluding carboxylic acids is 1. The second kappa shape index (κ2) is 9.05. The highest BCUT2D eigenvalue weighted by Gasteiger charge is 2.14. The molecule has 0 bridgehead atoms. The minimum absolute atomic E-state index is 0.281. The van der Waals surface area contributed by atoms with Gasteiger partial charge in [-0.1, -0.05) is 25.0 Å². The zero-order valence-corrected chi connectivity index (χ0v) is 17.6. The van der Waals surface area contributed by atoms with Gasteiger partial charge in [0.1, 0.15) is 5.69 Å². The molecule has 1 amide bonds. The first-order valence-electron chi connectivity index (χ1n) is 10.9. The Balaban J connectivity index is 1.28. The summed E-state index contributed by atoms with van der Waals surface area (Å²) in [6.45, 7) is 2.06. The zero-order chi connectivity index (χ0) is 21.8. The van der Waals surface area contributed by atoms with E-state index in [-0.39, 0.29) is 11.6 Å². The van der Waals surface area contributed by atoms with Gasteiger partial charge in [0.25, 0.3) is 5.91 Å². The number of nitrogens with one attached hydrogen (secondary N) is 2. The molecule has 0 saturated carbocycles. The van der Waals surface area contributed by atoms with E-state index in [9.17, 15) is 4.79 Å². The third-order valence-corrected chi connectivity index (χ3v) is 5.59. The molecule has 1 fully saturated rings. The van der Waals surface area contributed by atoms with E-state index in [1.54, 1.807) is 24.5 Å². The van der Waals surface area contributed by atoms with Gasteiger partial charge in [-0.25, -0.2) is 0 Å². The summed E-state index contributed by atoms with van der Waals surface area (Å²) in [5.74, 6) is 1.24. The number of amides is 1. The van der Waals surface area contributed by atoms with Gasteiger partial charge in [0, 0.05) is 30.4 Å². The van der Waals surface area contributed by atoms with Crippen LogP contribution in [0.5, 0.6) is 0 Å². The number of benzene rings is 1. The maximum atomic E-state index is 12.6. The van der Waals surface area contributed by atoms with Gasteiger partial charge in [-0.2, -0.15) is 5.10 Å². The summed E-state index contributed by atoms with van der Waals surface area (Å²) in [6.07, 6.45) is 6.53. The lowest BCUT2D eigenvalue weighted by Gasteiger charge is -2.20. The smallest absolute Gasteiger partial charge is 0.276 e. The van der Waals surface area contributed by atoms with Gasteiger partial charge in [0.2, 0.25) is 0 Å². The monoisotopic (exact) mass is 428 g/mol. The first kappa shape index (κ1) is 20.0. The summed E-state index contributed by atoms with van der Waals surface area (Å²) in [5, 5.41) is 18.7. The Hall–Kier alpha value is -3.94. The summed E-state index contributed by atoms with van der Waals surface area (Å²) in [5.41, 5.74) is 3.24. The first-order chi connectivity index (χ1) is 15.8. The Labute approximate surface area is 185 Å². The van der Waals surface area contributed by atoms with Gasteiger partial charge in [0.15, 0.2) is 17.3 Å². The van der Waals surface area contributed by atoms with Crippen molar-refractivity contribution in [2.45, 2.75) is 25.7 Å². The van der Waals surface area contributed by atoms with Gasteiger partial charge in [-0.3, -0.25) is 9.89 Å². The topological polar surface area (TPSA) is 99.9 Å². The summed E-state index contributed by atoms with van der Waals surface area (Å²) in [6, 6.07) is 16.8. The standard InChI is InChI=1S/C24H24N6O2/c31-24(21-16-20(27-28-21)22-9-6-14-32-22)25-18-8-5-7-17(15-18)19-10-11-23(29-26-19)30-12-3-1-2-4-13-30/h5-11,14-16H,1-4,12-13H2,(H,25,31)(H,27,28). The molecule has 0 radical (unpaired) electrons. The molecular weight excluding hydrogens is 404 g/mol. The van der Waals surface area contributed by atoms with Crippen molar-refractivity contribution in [1.29, 1.82) is 0 Å². The van der Waals surface area contributed by atoms with Gasteiger partial charge in [-0.05, 0) is 49.2 Å². The van der Waals surface area contributed by atoms with Crippen LogP contribution in [0.2, 0.25) is 0 Å². The largest absolute Gasteiger partial charge is 0.463 e. The number of anilines is 2. The molecule has 32 heavy (non-hydrogen) atoms. The Bertz CT molecular complexity index is 1180. The number of aromatic amines is 1. The number of aromatic nitrogens is 4. The second-order valence-corrected chi connectivity index (χ2v) is 7.86. The van der Waals surface area contributed by atoms with Crippen molar-refractivity contribution in [3.05, 3.63) is 66.6 Å². The zero-order valence-electron chi connectivity index (χ0n) is 17.6. The first-order valence-corrected chi connectivity index (χ1v) is 10.9. The normalized spacial score (nSPS) is 14.2. The lowest BCUT2D eigenvalue weighted by Crippen LogP contribution is -2.25. The molecule has 1 aliphatic rings. The maximum absolute atomic E-state index is 12.6. The maximum Gasteiger partial charge on any atom is 0.276 e. The molecule has 4 aromatic rings. The van der Waals surface area contributed by atoms with Crippen molar-refractivity contribution in [2.75, 3.05) is 23.3 Å². The van der Waals surface area contributed by atoms with E-state index in [2.05, 4.69) is 30.6 Å². The van der Waals surface area contributed by atoms with Crippen LogP contribution in [0.3, 0.4) is 0 Å². The highest BCUT2D eigenvalue weighted by atomic mass is 16.3. The van der Waals surface area contributed by atoms with Crippen LogP contribution in [-0.4, -0.2) is 39.4 Å². The molecule has 1 aliphatic heterocycles. The van der Waals surface area contributed by atoms with E-state index in [1.165, 1.54) is 25.7 Å². The summed E-state index contributed by atoms with van der Waals surface area (Å²) >= 11 is 0. The number of carbonyl (C=O) groups is 1. The predicted molar refractivity (Wildman–Crippen MR) is 122 cm³/mol. The van der Waals surface area contributed by atoms with Crippen LogP contribution in [-0.2, 0) is 0 Å². The minimum atomic E-state index is -0.307. The highest BCUT2D eigenvalue weighted by molar-refractivity contribution is 6.03. The van der Waals surface area contributed by atoms with Crippen molar-refractivity contribution < 1.29 is 9.21 Å². The number of hydrogen-bond donors (Lipinski definition) is 2. The molecule has 8 heteroatoms. The van der Waals surface area contributed by atoms with E-state index < -0.39 is 0 Å². The number of furan rings is 1. The number of H-pyrrole nitrogens is 1. The Morgan fingerprint density at radius 1 is 0.969 bits per heavy atom. The molecule has 0 spiro atoms. The van der Waals surface area contributed by atoms with E-state index in [4.69, 9.17) is 4.42 Å². The van der Waals surface area contributed by atoms with Crippen molar-refractivity contribution >= 4 is 17.4 Å². The third-order valence-electron chi connectivity index (χ3n) is 5.59. The predicted octanol–water partition coefficient (Wildman–Crippen LogP) is 4.76. The molecule has 5 rings (SSSR count). The SMILES string of the molecule is O=C(Nc1cccc(-c2ccc(N3CCCCCC3)nn2)c1)c1cc(-c2ccco2)[nH]n1. The molecule has 3 aromatic heterocycles. The van der Waals surface area contributed by atoms with E-state index >= 15 is 0 Å². The van der Waals surface area contributed by atoms with E-state index in [0.717, 1.165) is 30.2 Å². The van der Waals surface area contributed by atoms with Crippen LogP contribution in [0, 0.1) is 0 Å². The van der Waals surface area contributed by atoms with Crippen LogP contribution >= 0.6 is 0 Å². The molecule has 0 atom stereocenters. The fraction of sp³-hybridized carbons (Fsp3) is 0.250. The molecule has 1 saturated heterocycles. The average molecular weight is 428 g/mol. The van der Waals surface area contributed by atoms with Crippen LogP contribution in [0.15, 0.2) is 65.3 Å². The summed E-state index contributed by atoms with van der Waals surface area (Å²) in [7, 11) is 0. The van der Waals surface area contributed by atoms with Crippen molar-refractivity contribution in [1.82, 2.24) is 20.4 Å². The molecular formula is C24H24N6O2. The lowest BCUT2D eigenvalue weighted by atomic mass is 10.1. The number of hydrogen-bond acceptors (Lipinski definition) is 6. The van der Waals surface area contributed by atoms with Crippen LogP contribution in [0.4, 0.5) is 11.5 Å². The van der Waals surface area contributed by atoms with Gasteiger partial charge in [-0.15, -0.1) is 10.2 Å². The lowest BCUT2D eigenvalue weighted by molar-refractivity contribution is 0.102. The molecule has 8 nitrogen and oxygen atoms in total. The van der Waals surface area contributed by atoms with Crippen molar-refractivity contribution in [3.8, 4) is 22.7 Å². The minimum Gasteiger partial charge on any atom is -0.463 e. The fourth-order valence-corrected chi connectivity index (χ4v) is 3.90. The van der Waals surface area contributed by atoms with Gasteiger partial charge >= 0.3 is 0 Å². The summed E-state index contributed by atoms with van der Waals surface area (Å²) in [4.78, 5) is 14.9. The summed E-state index contributed by atoms with van der Waals surface area (Å²) < 4.78 is 5.33.